The molecule has 1 amide bonds. The van der Waals surface area contributed by atoms with Crippen molar-refractivity contribution >= 4 is 41.1 Å². The van der Waals surface area contributed by atoms with Crippen molar-refractivity contribution in [1.29, 1.82) is 0 Å². The molecule has 2 fully saturated rings. The molecule has 234 valence electrons. The summed E-state index contributed by atoms with van der Waals surface area (Å²) in [6, 6.07) is 0.342. The predicted octanol–water partition coefficient (Wildman–Crippen LogP) is 6.07. The number of fused-ring (bicyclic) bond motifs is 2. The Bertz CT molecular complexity index is 1040. The van der Waals surface area contributed by atoms with E-state index >= 15 is 0 Å². The first-order valence-electron chi connectivity index (χ1n) is 14.7. The van der Waals surface area contributed by atoms with E-state index in [0.29, 0.717) is 35.3 Å². The van der Waals surface area contributed by atoms with Crippen molar-refractivity contribution in [3.8, 4) is 0 Å². The van der Waals surface area contributed by atoms with Crippen LogP contribution in [0.5, 0.6) is 0 Å². The van der Waals surface area contributed by atoms with Crippen molar-refractivity contribution in [2.24, 2.45) is 28.0 Å². The van der Waals surface area contributed by atoms with Gasteiger partial charge in [0.15, 0.2) is 0 Å². The van der Waals surface area contributed by atoms with E-state index < -0.39 is 29.3 Å². The second-order valence-corrected chi connectivity index (χ2v) is 20.3. The normalized spacial score (nSPS) is 22.1. The van der Waals surface area contributed by atoms with Crippen molar-refractivity contribution in [3.63, 3.8) is 0 Å². The Morgan fingerprint density at radius 2 is 1.36 bits per heavy atom. The molecular formula is C29H60N2O5S3. The van der Waals surface area contributed by atoms with Crippen molar-refractivity contribution in [1.82, 2.24) is 4.31 Å². The van der Waals surface area contributed by atoms with Crippen LogP contribution in [0.2, 0.25) is 0 Å². The number of sulfonamides is 1. The number of hydrogen-bond donors (Lipinski definition) is 0. The minimum atomic E-state index is -2.95. The number of carbonyl (C=O) groups is 1. The molecule has 4 atom stereocenters. The Morgan fingerprint density at radius 1 is 0.821 bits per heavy atom. The molecule has 0 aromatic rings. The highest BCUT2D eigenvalue weighted by molar-refractivity contribution is 7.99. The van der Waals surface area contributed by atoms with Gasteiger partial charge in [-0.2, -0.15) is 8.67 Å². The van der Waals surface area contributed by atoms with Gasteiger partial charge in [-0.1, -0.05) is 54.4 Å². The zero-order chi connectivity index (χ0) is 30.4. The zero-order valence-electron chi connectivity index (χ0n) is 26.4. The SMILES string of the molecule is C=S(C)(=O)CCCCC(C)C.CC(=O)N=S(C)(=O)CCC(C)C.CC(C)CCCS(=O)(=O)N1CC2CCC1C2. The lowest BCUT2D eigenvalue weighted by Crippen LogP contribution is -2.39. The molecule has 0 radical (unpaired) electrons. The summed E-state index contributed by atoms with van der Waals surface area (Å²) < 4.78 is 52.3. The number of hydrogen-bond acceptors (Lipinski definition) is 5. The van der Waals surface area contributed by atoms with Crippen molar-refractivity contribution < 1.29 is 21.6 Å². The summed E-state index contributed by atoms with van der Waals surface area (Å²) in [6.45, 7) is 15.0. The number of amides is 1. The molecule has 1 aliphatic heterocycles. The molecule has 0 spiro atoms. The lowest BCUT2D eigenvalue weighted by molar-refractivity contribution is -0.115. The maximum atomic E-state index is 12.1. The average Bonchev–Trinajstić information content (AvgIpc) is 3.39. The Morgan fingerprint density at radius 3 is 1.77 bits per heavy atom. The van der Waals surface area contributed by atoms with Crippen molar-refractivity contribution in [3.05, 3.63) is 0 Å². The largest absolute Gasteiger partial charge is 0.272 e. The topological polar surface area (TPSA) is 101 Å². The molecule has 1 saturated heterocycles. The van der Waals surface area contributed by atoms with Crippen LogP contribution in [0.15, 0.2) is 4.36 Å². The molecule has 0 N–H and O–H groups in total. The molecule has 2 rings (SSSR count). The van der Waals surface area contributed by atoms with Crippen LogP contribution < -0.4 is 0 Å². The number of rotatable bonds is 13. The summed E-state index contributed by atoms with van der Waals surface area (Å²) in [6.07, 6.45) is 12.9. The van der Waals surface area contributed by atoms with Crippen LogP contribution in [0.25, 0.3) is 0 Å². The fraction of sp³-hybridized carbons (Fsp3) is 0.931. The van der Waals surface area contributed by atoms with Crippen molar-refractivity contribution in [2.45, 2.75) is 112 Å². The zero-order valence-corrected chi connectivity index (χ0v) is 28.9. The lowest BCUT2D eigenvalue weighted by Gasteiger charge is -2.26. The van der Waals surface area contributed by atoms with Gasteiger partial charge in [-0.15, -0.1) is 0 Å². The first-order valence-corrected chi connectivity index (χ1v) is 20.7. The molecule has 10 heteroatoms. The summed E-state index contributed by atoms with van der Waals surface area (Å²) in [5, 5.41) is 0. The van der Waals surface area contributed by atoms with Crippen LogP contribution >= 0.6 is 0 Å². The van der Waals surface area contributed by atoms with E-state index in [1.165, 1.54) is 32.4 Å². The van der Waals surface area contributed by atoms with E-state index in [4.69, 9.17) is 0 Å². The fourth-order valence-electron chi connectivity index (χ4n) is 4.74. The highest BCUT2D eigenvalue weighted by Crippen LogP contribution is 2.39. The monoisotopic (exact) mass is 612 g/mol. The van der Waals surface area contributed by atoms with Crippen LogP contribution in [0.3, 0.4) is 0 Å². The number of carbonyl (C=O) groups excluding carboxylic acids is 1. The molecule has 2 bridgehead atoms. The highest BCUT2D eigenvalue weighted by Gasteiger charge is 2.43. The Kier molecular flexibility index (Phi) is 18.0. The van der Waals surface area contributed by atoms with E-state index in [1.54, 1.807) is 10.6 Å². The summed E-state index contributed by atoms with van der Waals surface area (Å²) in [5.74, 6) is 7.48. The van der Waals surface area contributed by atoms with E-state index in [9.17, 15) is 21.6 Å². The molecule has 7 nitrogen and oxygen atoms in total. The first kappa shape index (κ1) is 38.5. The van der Waals surface area contributed by atoms with Crippen LogP contribution in [0.4, 0.5) is 0 Å². The Balaban J connectivity index is 0.000000571. The number of unbranched alkanes of at least 4 members (excludes halogenated alkanes) is 1. The van der Waals surface area contributed by atoms with Gasteiger partial charge in [0.2, 0.25) is 10.0 Å². The quantitative estimate of drug-likeness (QED) is 0.186. The van der Waals surface area contributed by atoms with E-state index in [-0.39, 0.29) is 5.91 Å². The van der Waals surface area contributed by atoms with Crippen LogP contribution in [0, 0.1) is 23.7 Å². The fourth-order valence-corrected chi connectivity index (χ4v) is 8.95. The third-order valence-electron chi connectivity index (χ3n) is 6.90. The third kappa shape index (κ3) is 20.1. The molecule has 1 aliphatic carbocycles. The van der Waals surface area contributed by atoms with E-state index in [2.05, 4.69) is 51.8 Å². The summed E-state index contributed by atoms with van der Waals surface area (Å²) >= 11 is 0. The summed E-state index contributed by atoms with van der Waals surface area (Å²) in [7, 11) is -6.93. The highest BCUT2D eigenvalue weighted by atomic mass is 32.2. The van der Waals surface area contributed by atoms with Crippen LogP contribution in [0.1, 0.15) is 106 Å². The first-order chi connectivity index (χ1) is 17.7. The van der Waals surface area contributed by atoms with Crippen LogP contribution in [-0.4, -0.2) is 75.3 Å². The average molecular weight is 613 g/mol. The molecule has 4 unspecified atom stereocenters. The van der Waals surface area contributed by atoms with E-state index in [0.717, 1.165) is 56.7 Å². The Hall–Kier alpha value is -0.450. The van der Waals surface area contributed by atoms with Gasteiger partial charge < -0.3 is 0 Å². The summed E-state index contributed by atoms with van der Waals surface area (Å²) in [5.41, 5.74) is 0. The molecule has 0 aromatic carbocycles. The second kappa shape index (κ2) is 18.2. The van der Waals surface area contributed by atoms with Gasteiger partial charge in [-0.3, -0.25) is 9.00 Å². The standard InChI is InChI=1S/C12H23NO2S.C9H20OS.C8H17NO2S/c1-10(2)4-3-7-16(14,15)13-9-11-5-6-12(13)8-11;1-9(2)7-5-6-8-11(3,4)10;1-7(2)5-6-12(4,11)9-8(3)10/h10-12H,3-9H2,1-2H3;9H,3,5-8H2,1-2,4H3;7H,5-6H2,1-4H3. The van der Waals surface area contributed by atoms with Crippen LogP contribution in [-0.2, 0) is 34.1 Å². The molecule has 1 heterocycles. The van der Waals surface area contributed by atoms with Gasteiger partial charge in [0.25, 0.3) is 5.91 Å². The van der Waals surface area contributed by atoms with Gasteiger partial charge in [-0.25, -0.2) is 12.6 Å². The van der Waals surface area contributed by atoms with Gasteiger partial charge in [-0.05, 0) is 84.0 Å². The number of nitrogens with zero attached hydrogens (tertiary/aromatic N) is 2. The third-order valence-corrected chi connectivity index (χ3v) is 11.7. The van der Waals surface area contributed by atoms with Gasteiger partial charge in [0.1, 0.15) is 0 Å². The lowest BCUT2D eigenvalue weighted by atomic mass is 10.1. The maximum absolute atomic E-state index is 12.1. The van der Waals surface area contributed by atoms with Gasteiger partial charge in [0, 0.05) is 43.5 Å². The van der Waals surface area contributed by atoms with Crippen molar-refractivity contribution in [2.75, 3.05) is 36.3 Å². The number of piperidine rings is 1. The smallest absolute Gasteiger partial charge is 0.250 e. The molecular weight excluding hydrogens is 553 g/mol. The molecule has 39 heavy (non-hydrogen) atoms. The summed E-state index contributed by atoms with van der Waals surface area (Å²) in [4.78, 5) is 10.6. The molecule has 2 aliphatic rings. The predicted molar refractivity (Wildman–Crippen MR) is 172 cm³/mol. The Labute approximate surface area is 242 Å². The maximum Gasteiger partial charge on any atom is 0.250 e. The van der Waals surface area contributed by atoms with Gasteiger partial charge >= 0.3 is 0 Å². The minimum Gasteiger partial charge on any atom is -0.272 e. The molecule has 1 saturated carbocycles. The van der Waals surface area contributed by atoms with Gasteiger partial charge in [0.05, 0.1) is 15.5 Å². The van der Waals surface area contributed by atoms with E-state index in [1.807, 2.05) is 0 Å². The second-order valence-electron chi connectivity index (χ2n) is 13.0. The minimum absolute atomic E-state index is 0.341. The molecule has 0 aromatic heterocycles.